The summed E-state index contributed by atoms with van der Waals surface area (Å²) in [6.45, 7) is 3.25. The number of ether oxygens (including phenoxy) is 1. The molecule has 2 rings (SSSR count). The Morgan fingerprint density at radius 1 is 1.32 bits per heavy atom. The summed E-state index contributed by atoms with van der Waals surface area (Å²) in [7, 11) is 3.46. The number of hydrogen-bond donors (Lipinski definition) is 2. The number of hydrogen-bond acceptors (Lipinski definition) is 3. The van der Waals surface area contributed by atoms with Crippen molar-refractivity contribution in [1.82, 2.24) is 15.5 Å². The average Bonchev–Trinajstić information content (AvgIpc) is 3.11. The zero-order valence-electron chi connectivity index (χ0n) is 14.9. The Labute approximate surface area is 154 Å². The number of nitrogens with zero attached hydrogens (tertiary/aromatic N) is 2. The summed E-state index contributed by atoms with van der Waals surface area (Å²) < 4.78 is 5.40. The normalized spacial score (nSPS) is 17.4. The largest absolute Gasteiger partial charge is 0.381 e. The monoisotopic (exact) mass is 366 g/mol. The number of aliphatic imine (C=N–C) groups is 1. The molecule has 2 N–H and O–H groups in total. The molecule has 1 aromatic rings. The molecular formula is C18H27ClN4O2. The maximum Gasteiger partial charge on any atom is 0.243 e. The van der Waals surface area contributed by atoms with Gasteiger partial charge in [0.05, 0.1) is 6.61 Å². The van der Waals surface area contributed by atoms with Crippen molar-refractivity contribution < 1.29 is 9.53 Å². The second-order valence-corrected chi connectivity index (χ2v) is 6.80. The molecule has 0 aromatic heterocycles. The van der Waals surface area contributed by atoms with Crippen LogP contribution < -0.4 is 10.6 Å². The smallest absolute Gasteiger partial charge is 0.243 e. The Morgan fingerprint density at radius 3 is 2.72 bits per heavy atom. The minimum atomic E-state index is -0.0250. The summed E-state index contributed by atoms with van der Waals surface area (Å²) >= 11 is 5.91. The summed E-state index contributed by atoms with van der Waals surface area (Å²) in [5.74, 6) is 1.13. The van der Waals surface area contributed by atoms with E-state index in [9.17, 15) is 4.79 Å². The number of nitrogens with one attached hydrogen (secondary N) is 2. The van der Waals surface area contributed by atoms with Crippen LogP contribution in [0.1, 0.15) is 12.0 Å². The molecule has 1 heterocycles. The predicted octanol–water partition coefficient (Wildman–Crippen LogP) is 1.54. The minimum Gasteiger partial charge on any atom is -0.381 e. The highest BCUT2D eigenvalue weighted by Crippen LogP contribution is 2.11. The van der Waals surface area contributed by atoms with Gasteiger partial charge in [-0.25, -0.2) is 4.99 Å². The van der Waals surface area contributed by atoms with Crippen LogP contribution in [0.4, 0.5) is 0 Å². The molecule has 1 fully saturated rings. The van der Waals surface area contributed by atoms with Crippen LogP contribution in [-0.2, 0) is 16.0 Å². The first kappa shape index (κ1) is 19.5. The van der Waals surface area contributed by atoms with Crippen LogP contribution in [0.3, 0.4) is 0 Å². The van der Waals surface area contributed by atoms with Crippen LogP contribution in [0.2, 0.25) is 5.02 Å². The van der Waals surface area contributed by atoms with E-state index >= 15 is 0 Å². The van der Waals surface area contributed by atoms with E-state index in [1.165, 1.54) is 5.56 Å². The van der Waals surface area contributed by atoms with Crippen molar-refractivity contribution in [1.29, 1.82) is 0 Å². The van der Waals surface area contributed by atoms with Gasteiger partial charge in [-0.15, -0.1) is 0 Å². The van der Waals surface area contributed by atoms with Crippen molar-refractivity contribution >= 4 is 23.5 Å². The molecule has 1 aliphatic rings. The first-order valence-electron chi connectivity index (χ1n) is 8.59. The fourth-order valence-corrected chi connectivity index (χ4v) is 2.55. The predicted molar refractivity (Wildman–Crippen MR) is 101 cm³/mol. The molecule has 0 saturated carbocycles. The van der Waals surface area contributed by atoms with Gasteiger partial charge in [-0.1, -0.05) is 23.7 Å². The van der Waals surface area contributed by atoms with E-state index in [1.54, 1.807) is 19.0 Å². The Balaban J connectivity index is 1.84. The standard InChI is InChI=1S/C18H27ClN4O2/c1-23(2)17(24)12-22-18(21-11-15-8-10-25-13-15)20-9-7-14-3-5-16(19)6-4-14/h3-6,15H,7-13H2,1-2H3,(H2,20,21,22). The van der Waals surface area contributed by atoms with Crippen molar-refractivity contribution in [2.45, 2.75) is 12.8 Å². The lowest BCUT2D eigenvalue weighted by Crippen LogP contribution is -2.41. The first-order valence-corrected chi connectivity index (χ1v) is 8.97. The van der Waals surface area contributed by atoms with E-state index in [4.69, 9.17) is 16.3 Å². The molecule has 0 bridgehead atoms. The van der Waals surface area contributed by atoms with Gasteiger partial charge >= 0.3 is 0 Å². The van der Waals surface area contributed by atoms with E-state index in [1.807, 2.05) is 24.3 Å². The quantitative estimate of drug-likeness (QED) is 0.567. The number of halogens is 1. The van der Waals surface area contributed by atoms with E-state index in [-0.39, 0.29) is 12.5 Å². The van der Waals surface area contributed by atoms with Crippen LogP contribution in [0.25, 0.3) is 0 Å². The Kier molecular flexibility index (Phi) is 8.01. The van der Waals surface area contributed by atoms with Crippen LogP contribution in [0.15, 0.2) is 29.3 Å². The van der Waals surface area contributed by atoms with Gasteiger partial charge < -0.3 is 20.3 Å². The molecule has 138 valence electrons. The molecular weight excluding hydrogens is 340 g/mol. The molecule has 0 radical (unpaired) electrons. The average molecular weight is 367 g/mol. The van der Waals surface area contributed by atoms with E-state index in [0.29, 0.717) is 11.9 Å². The Bertz CT molecular complexity index is 569. The molecule has 25 heavy (non-hydrogen) atoms. The fraction of sp³-hybridized carbons (Fsp3) is 0.556. The SMILES string of the molecule is CN(C)C(=O)CN=C(NCCc1ccc(Cl)cc1)NCC1CCOC1. The lowest BCUT2D eigenvalue weighted by molar-refractivity contribution is -0.127. The number of benzene rings is 1. The van der Waals surface area contributed by atoms with Crippen molar-refractivity contribution in [3.8, 4) is 0 Å². The van der Waals surface area contributed by atoms with E-state index < -0.39 is 0 Å². The zero-order valence-corrected chi connectivity index (χ0v) is 15.7. The lowest BCUT2D eigenvalue weighted by atomic mass is 10.1. The molecule has 1 aromatic carbocycles. The molecule has 0 aliphatic carbocycles. The van der Waals surface area contributed by atoms with Crippen molar-refractivity contribution in [3.63, 3.8) is 0 Å². The van der Waals surface area contributed by atoms with Crippen LogP contribution >= 0.6 is 11.6 Å². The van der Waals surface area contributed by atoms with Gasteiger partial charge in [0, 0.05) is 44.7 Å². The maximum absolute atomic E-state index is 11.8. The van der Waals surface area contributed by atoms with Gasteiger partial charge in [0.25, 0.3) is 0 Å². The second kappa shape index (κ2) is 10.3. The summed E-state index contributed by atoms with van der Waals surface area (Å²) in [4.78, 5) is 17.7. The van der Waals surface area contributed by atoms with Crippen molar-refractivity contribution in [3.05, 3.63) is 34.9 Å². The molecule has 1 saturated heterocycles. The van der Waals surface area contributed by atoms with Gasteiger partial charge in [0.1, 0.15) is 6.54 Å². The summed E-state index contributed by atoms with van der Waals surface area (Å²) in [6.07, 6.45) is 1.91. The number of carbonyl (C=O) groups is 1. The number of rotatable bonds is 7. The van der Waals surface area contributed by atoms with Gasteiger partial charge in [0.2, 0.25) is 5.91 Å². The highest BCUT2D eigenvalue weighted by atomic mass is 35.5. The third-order valence-corrected chi connectivity index (χ3v) is 4.32. The Morgan fingerprint density at radius 2 is 2.08 bits per heavy atom. The fourth-order valence-electron chi connectivity index (χ4n) is 2.42. The molecule has 6 nitrogen and oxygen atoms in total. The zero-order chi connectivity index (χ0) is 18.1. The highest BCUT2D eigenvalue weighted by Gasteiger charge is 2.16. The van der Waals surface area contributed by atoms with Crippen molar-refractivity contribution in [2.24, 2.45) is 10.9 Å². The minimum absolute atomic E-state index is 0.0250. The molecule has 1 aliphatic heterocycles. The number of carbonyl (C=O) groups excluding carboxylic acids is 1. The summed E-state index contributed by atoms with van der Waals surface area (Å²) in [6, 6.07) is 7.80. The molecule has 0 spiro atoms. The van der Waals surface area contributed by atoms with Gasteiger partial charge in [-0.2, -0.15) is 0 Å². The molecule has 1 atom stereocenters. The van der Waals surface area contributed by atoms with Gasteiger partial charge in [-0.3, -0.25) is 4.79 Å². The third kappa shape index (κ3) is 7.32. The summed E-state index contributed by atoms with van der Waals surface area (Å²) in [5.41, 5.74) is 1.20. The number of guanidine groups is 1. The van der Waals surface area contributed by atoms with Gasteiger partial charge in [0.15, 0.2) is 5.96 Å². The Hall–Kier alpha value is -1.79. The number of amides is 1. The van der Waals surface area contributed by atoms with Crippen molar-refractivity contribution in [2.75, 3.05) is 46.9 Å². The maximum atomic E-state index is 11.8. The van der Waals surface area contributed by atoms with Gasteiger partial charge in [-0.05, 0) is 30.5 Å². The second-order valence-electron chi connectivity index (χ2n) is 6.37. The van der Waals surface area contributed by atoms with Crippen LogP contribution in [0.5, 0.6) is 0 Å². The van der Waals surface area contributed by atoms with Crippen LogP contribution in [0, 0.1) is 5.92 Å². The molecule has 1 unspecified atom stereocenters. The van der Waals surface area contributed by atoms with E-state index in [2.05, 4.69) is 15.6 Å². The third-order valence-electron chi connectivity index (χ3n) is 4.07. The lowest BCUT2D eigenvalue weighted by Gasteiger charge is -2.16. The molecule has 7 heteroatoms. The number of likely N-dealkylation sites (N-methyl/N-ethyl adjacent to an activating group) is 1. The summed E-state index contributed by atoms with van der Waals surface area (Å²) in [5, 5.41) is 7.35. The highest BCUT2D eigenvalue weighted by molar-refractivity contribution is 6.30. The molecule has 1 amide bonds. The van der Waals surface area contributed by atoms with Crippen LogP contribution in [-0.4, -0.2) is 63.7 Å². The van der Waals surface area contributed by atoms with E-state index in [0.717, 1.165) is 44.2 Å². The topological polar surface area (TPSA) is 66.0 Å². The first-order chi connectivity index (χ1) is 12.0.